The number of furan rings is 1. The molecule has 20 heavy (non-hydrogen) atoms. The fourth-order valence-corrected chi connectivity index (χ4v) is 2.95. The summed E-state index contributed by atoms with van der Waals surface area (Å²) in [7, 11) is 0. The highest BCUT2D eigenvalue weighted by atomic mass is 16.3. The predicted octanol–water partition coefficient (Wildman–Crippen LogP) is 3.64. The van der Waals surface area contributed by atoms with E-state index >= 15 is 0 Å². The number of hydrogen-bond acceptors (Lipinski definition) is 3. The summed E-state index contributed by atoms with van der Waals surface area (Å²) >= 11 is 0. The third-order valence-electron chi connectivity index (χ3n) is 3.95. The molecule has 0 saturated carbocycles. The van der Waals surface area contributed by atoms with Crippen molar-refractivity contribution in [2.24, 2.45) is 0 Å². The number of nitrogens with one attached hydrogen (secondary N) is 1. The molecule has 1 aliphatic carbocycles. The Morgan fingerprint density at radius 3 is 3.20 bits per heavy atom. The molecule has 0 amide bonds. The first-order chi connectivity index (χ1) is 9.88. The van der Waals surface area contributed by atoms with E-state index < -0.39 is 0 Å². The molecule has 2 aromatic rings. The van der Waals surface area contributed by atoms with E-state index in [1.165, 1.54) is 17.7 Å². The van der Waals surface area contributed by atoms with Crippen molar-refractivity contribution in [2.75, 3.05) is 6.54 Å². The van der Waals surface area contributed by atoms with Crippen LogP contribution in [-0.2, 0) is 13.0 Å². The first-order valence-corrected chi connectivity index (χ1v) is 7.61. The quantitative estimate of drug-likeness (QED) is 0.843. The van der Waals surface area contributed by atoms with Crippen LogP contribution in [0.15, 0.2) is 34.9 Å². The maximum Gasteiger partial charge on any atom is 0.117 e. The number of aryl methyl sites for hydroxylation is 1. The number of aromatic nitrogens is 1. The standard InChI is InChI=1S/C17H22N2O/c1-2-10-18-12-14-8-9-16(20-14)15-7-3-5-13-6-4-11-19-17(13)15/h4,6,8-9,11,15,18H,2-3,5,7,10,12H2,1H3. The van der Waals surface area contributed by atoms with Crippen molar-refractivity contribution < 1.29 is 4.42 Å². The van der Waals surface area contributed by atoms with Gasteiger partial charge in [-0.3, -0.25) is 4.98 Å². The molecule has 3 rings (SSSR count). The lowest BCUT2D eigenvalue weighted by atomic mass is 9.85. The molecule has 2 heterocycles. The molecule has 106 valence electrons. The summed E-state index contributed by atoms with van der Waals surface area (Å²) in [5.41, 5.74) is 2.59. The second-order valence-corrected chi connectivity index (χ2v) is 5.47. The summed E-state index contributed by atoms with van der Waals surface area (Å²) < 4.78 is 6.02. The topological polar surface area (TPSA) is 38.1 Å². The molecule has 0 bridgehead atoms. The molecule has 0 fully saturated rings. The average Bonchev–Trinajstić information content (AvgIpc) is 2.96. The fourth-order valence-electron chi connectivity index (χ4n) is 2.95. The molecule has 0 spiro atoms. The highest BCUT2D eigenvalue weighted by Crippen LogP contribution is 2.35. The highest BCUT2D eigenvalue weighted by molar-refractivity contribution is 5.32. The van der Waals surface area contributed by atoms with E-state index in [1.54, 1.807) is 0 Å². The summed E-state index contributed by atoms with van der Waals surface area (Å²) in [6.07, 6.45) is 6.54. The van der Waals surface area contributed by atoms with Crippen molar-refractivity contribution in [3.8, 4) is 0 Å². The third kappa shape index (κ3) is 2.78. The van der Waals surface area contributed by atoms with Crippen LogP contribution in [0.25, 0.3) is 0 Å². The van der Waals surface area contributed by atoms with Crippen LogP contribution in [0, 0.1) is 0 Å². The van der Waals surface area contributed by atoms with Gasteiger partial charge in [-0.25, -0.2) is 0 Å². The molecule has 1 N–H and O–H groups in total. The van der Waals surface area contributed by atoms with Crippen LogP contribution >= 0.6 is 0 Å². The van der Waals surface area contributed by atoms with Gasteiger partial charge in [0, 0.05) is 6.20 Å². The van der Waals surface area contributed by atoms with Gasteiger partial charge in [-0.1, -0.05) is 13.0 Å². The minimum absolute atomic E-state index is 0.333. The van der Waals surface area contributed by atoms with Crippen molar-refractivity contribution in [1.82, 2.24) is 10.3 Å². The summed E-state index contributed by atoms with van der Waals surface area (Å²) in [5.74, 6) is 2.43. The van der Waals surface area contributed by atoms with Gasteiger partial charge in [-0.2, -0.15) is 0 Å². The van der Waals surface area contributed by atoms with E-state index in [9.17, 15) is 0 Å². The number of rotatable bonds is 5. The predicted molar refractivity (Wildman–Crippen MR) is 79.7 cm³/mol. The van der Waals surface area contributed by atoms with Gasteiger partial charge in [0.05, 0.1) is 18.2 Å². The van der Waals surface area contributed by atoms with Crippen LogP contribution in [0.5, 0.6) is 0 Å². The van der Waals surface area contributed by atoms with Gasteiger partial charge >= 0.3 is 0 Å². The summed E-state index contributed by atoms with van der Waals surface area (Å²) in [4.78, 5) is 4.59. The van der Waals surface area contributed by atoms with Crippen molar-refractivity contribution >= 4 is 0 Å². The lowest BCUT2D eigenvalue weighted by molar-refractivity contribution is 0.413. The molecule has 1 aliphatic rings. The molecule has 3 heteroatoms. The fraction of sp³-hybridized carbons (Fsp3) is 0.471. The third-order valence-corrected chi connectivity index (χ3v) is 3.95. The van der Waals surface area contributed by atoms with E-state index in [-0.39, 0.29) is 0 Å². The summed E-state index contributed by atoms with van der Waals surface area (Å²) in [6, 6.07) is 8.44. The zero-order valence-electron chi connectivity index (χ0n) is 12.1. The van der Waals surface area contributed by atoms with Gasteiger partial charge in [0.1, 0.15) is 11.5 Å². The van der Waals surface area contributed by atoms with Crippen molar-refractivity contribution in [3.63, 3.8) is 0 Å². The van der Waals surface area contributed by atoms with E-state index in [4.69, 9.17) is 4.42 Å². The van der Waals surface area contributed by atoms with Crippen LogP contribution < -0.4 is 5.32 Å². The molecule has 2 aromatic heterocycles. The maximum atomic E-state index is 6.02. The van der Waals surface area contributed by atoms with Gasteiger partial charge < -0.3 is 9.73 Å². The second kappa shape index (κ2) is 6.23. The molecule has 3 nitrogen and oxygen atoms in total. The molecule has 1 atom stereocenters. The van der Waals surface area contributed by atoms with Crippen LogP contribution in [0.2, 0.25) is 0 Å². The summed E-state index contributed by atoms with van der Waals surface area (Å²) in [5, 5.41) is 3.38. The number of fused-ring (bicyclic) bond motifs is 1. The summed E-state index contributed by atoms with van der Waals surface area (Å²) in [6.45, 7) is 4.02. The molecule has 1 unspecified atom stereocenters. The Kier molecular flexibility index (Phi) is 4.16. The molecular formula is C17H22N2O. The van der Waals surface area contributed by atoms with Crippen LogP contribution in [0.1, 0.15) is 54.9 Å². The highest BCUT2D eigenvalue weighted by Gasteiger charge is 2.25. The lowest BCUT2D eigenvalue weighted by Crippen LogP contribution is -2.13. The van der Waals surface area contributed by atoms with Crippen molar-refractivity contribution in [3.05, 3.63) is 53.2 Å². The van der Waals surface area contributed by atoms with E-state index in [0.717, 1.165) is 43.9 Å². The van der Waals surface area contributed by atoms with E-state index in [2.05, 4.69) is 35.4 Å². The number of nitrogens with zero attached hydrogens (tertiary/aromatic N) is 1. The molecule has 0 radical (unpaired) electrons. The van der Waals surface area contributed by atoms with Crippen molar-refractivity contribution in [2.45, 2.75) is 45.1 Å². The molecule has 0 aromatic carbocycles. The van der Waals surface area contributed by atoms with Gasteiger partial charge in [0.2, 0.25) is 0 Å². The Labute approximate surface area is 120 Å². The zero-order valence-corrected chi connectivity index (χ0v) is 12.1. The zero-order chi connectivity index (χ0) is 13.8. The lowest BCUT2D eigenvalue weighted by Gasteiger charge is -2.22. The molecule has 0 saturated heterocycles. The second-order valence-electron chi connectivity index (χ2n) is 5.47. The van der Waals surface area contributed by atoms with Crippen LogP contribution in [0.3, 0.4) is 0 Å². The van der Waals surface area contributed by atoms with Crippen LogP contribution in [-0.4, -0.2) is 11.5 Å². The number of hydrogen-bond donors (Lipinski definition) is 1. The van der Waals surface area contributed by atoms with Crippen LogP contribution in [0.4, 0.5) is 0 Å². The van der Waals surface area contributed by atoms with E-state index in [1.807, 2.05) is 12.3 Å². The minimum atomic E-state index is 0.333. The van der Waals surface area contributed by atoms with Gasteiger partial charge in [-0.15, -0.1) is 0 Å². The largest absolute Gasteiger partial charge is 0.464 e. The minimum Gasteiger partial charge on any atom is -0.464 e. The molecular weight excluding hydrogens is 248 g/mol. The Balaban J connectivity index is 1.77. The van der Waals surface area contributed by atoms with Gasteiger partial charge in [0.25, 0.3) is 0 Å². The van der Waals surface area contributed by atoms with Gasteiger partial charge in [0.15, 0.2) is 0 Å². The van der Waals surface area contributed by atoms with Gasteiger partial charge in [-0.05, 0) is 56.0 Å². The maximum absolute atomic E-state index is 6.02. The normalized spacial score (nSPS) is 17.9. The van der Waals surface area contributed by atoms with E-state index in [0.29, 0.717) is 5.92 Å². The Morgan fingerprint density at radius 2 is 2.30 bits per heavy atom. The Hall–Kier alpha value is -1.61. The smallest absolute Gasteiger partial charge is 0.117 e. The SMILES string of the molecule is CCCNCc1ccc(C2CCCc3cccnc32)o1. The average molecular weight is 270 g/mol. The Morgan fingerprint density at radius 1 is 1.35 bits per heavy atom. The molecule has 0 aliphatic heterocycles. The van der Waals surface area contributed by atoms with Crippen molar-refractivity contribution in [1.29, 1.82) is 0 Å². The first kappa shape index (κ1) is 13.4. The Bertz CT molecular complexity index is 562. The first-order valence-electron chi connectivity index (χ1n) is 7.61. The monoisotopic (exact) mass is 270 g/mol. The number of pyridine rings is 1.